The van der Waals surface area contributed by atoms with Gasteiger partial charge in [0.15, 0.2) is 0 Å². The standard InChI is InChI=1S/C55H61F2N9O6/c1-71-50-31-43-45(58-20-12-49(43)72-41-10-8-39(9-11-41)61-54(70)55(17-18-55)53(69)60-38-6-4-37(56)5-7-38)32-48(50)64-23-13-35(14-24-64)33-62-21-15-40(16-22-62)63-25-27-65(28-26-63)47-29-36-34-66(46-3-2-19-59-51(46)67)52(68)42(36)30-44(47)57/h4-12,20,29-32,35,40,46H,2-3,13-19,21-28,33-34H2,1H3,(H,59,67)(H,60,69)(H,61,70). The Bertz CT molecular complexity index is 2860. The smallest absolute Gasteiger partial charge is 0.255 e. The summed E-state index contributed by atoms with van der Waals surface area (Å²) in [5, 5.41) is 9.29. The number of methoxy groups -OCH3 is 1. The van der Waals surface area contributed by atoms with Crippen molar-refractivity contribution in [2.75, 3.05) is 93.0 Å². The first kappa shape index (κ1) is 47.5. The van der Waals surface area contributed by atoms with Gasteiger partial charge >= 0.3 is 0 Å². The summed E-state index contributed by atoms with van der Waals surface area (Å²) in [6.45, 7) is 9.27. The van der Waals surface area contributed by atoms with E-state index in [1.54, 1.807) is 42.5 Å². The monoisotopic (exact) mass is 981 g/mol. The van der Waals surface area contributed by atoms with Crippen LogP contribution in [-0.2, 0) is 20.9 Å². The zero-order chi connectivity index (χ0) is 49.5. The highest BCUT2D eigenvalue weighted by Gasteiger charge is 2.56. The van der Waals surface area contributed by atoms with E-state index in [-0.39, 0.29) is 23.5 Å². The van der Waals surface area contributed by atoms with E-state index in [1.165, 1.54) is 30.3 Å². The van der Waals surface area contributed by atoms with E-state index in [2.05, 4.69) is 41.6 Å². The summed E-state index contributed by atoms with van der Waals surface area (Å²) in [5.41, 5.74) is 3.33. The molecule has 6 heterocycles. The van der Waals surface area contributed by atoms with Crippen LogP contribution in [0, 0.1) is 23.0 Å². The average Bonchev–Trinajstić information content (AvgIpc) is 4.17. The van der Waals surface area contributed by atoms with E-state index < -0.39 is 23.2 Å². The molecule has 4 amide bonds. The molecule has 5 aliphatic heterocycles. The van der Waals surface area contributed by atoms with Crippen LogP contribution in [-0.4, -0.2) is 128 Å². The number of carbonyl (C=O) groups excluding carboxylic acids is 4. The summed E-state index contributed by atoms with van der Waals surface area (Å²) in [6, 6.07) is 21.6. The van der Waals surface area contributed by atoms with Crippen molar-refractivity contribution < 1.29 is 37.4 Å². The van der Waals surface area contributed by atoms with Crippen molar-refractivity contribution in [2.24, 2.45) is 11.3 Å². The van der Waals surface area contributed by atoms with Crippen LogP contribution in [0.1, 0.15) is 67.3 Å². The Labute approximate surface area is 417 Å². The lowest BCUT2D eigenvalue weighted by atomic mass is 9.94. The summed E-state index contributed by atoms with van der Waals surface area (Å²) in [6.07, 6.45) is 8.47. The van der Waals surface area contributed by atoms with E-state index in [0.717, 1.165) is 119 Å². The lowest BCUT2D eigenvalue weighted by molar-refractivity contribution is -0.131. The van der Waals surface area contributed by atoms with Crippen LogP contribution in [0.3, 0.4) is 0 Å². The minimum atomic E-state index is -1.17. The third-order valence-electron chi connectivity index (χ3n) is 15.9. The maximum atomic E-state index is 15.6. The second kappa shape index (κ2) is 20.0. The van der Waals surface area contributed by atoms with Gasteiger partial charge in [-0.05, 0) is 155 Å². The Balaban J connectivity index is 0.637. The molecule has 72 heavy (non-hydrogen) atoms. The number of benzene rings is 4. The fourth-order valence-corrected chi connectivity index (χ4v) is 11.5. The van der Waals surface area contributed by atoms with Gasteiger partial charge in [-0.15, -0.1) is 0 Å². The number of aromatic nitrogens is 1. The molecule has 1 aliphatic carbocycles. The molecule has 17 heteroatoms. The number of amides is 4. The Kier molecular flexibility index (Phi) is 13.2. The van der Waals surface area contributed by atoms with Gasteiger partial charge in [-0.2, -0.15) is 0 Å². The fourth-order valence-electron chi connectivity index (χ4n) is 11.5. The number of nitrogens with one attached hydrogen (secondary N) is 3. The molecule has 376 valence electrons. The van der Waals surface area contributed by atoms with Crippen molar-refractivity contribution >= 4 is 57.3 Å². The highest BCUT2D eigenvalue weighted by molar-refractivity contribution is 6.17. The maximum absolute atomic E-state index is 15.6. The first-order valence-corrected chi connectivity index (χ1v) is 25.5. The SMILES string of the molecule is COc1cc2c(Oc3ccc(NC(=O)C4(C(=O)Nc5ccc(F)cc5)CC4)cc3)ccnc2cc1N1CCC(CN2CCC(N3CCN(c4cc5c(cc4F)C(=O)N(C4CCCNC4=O)C5)CC3)CC2)CC1. The Morgan fingerprint density at radius 3 is 2.11 bits per heavy atom. The van der Waals surface area contributed by atoms with Crippen LogP contribution in [0.25, 0.3) is 10.9 Å². The van der Waals surface area contributed by atoms with Crippen LogP contribution in [0.5, 0.6) is 17.2 Å². The number of hydrogen-bond donors (Lipinski definition) is 3. The van der Waals surface area contributed by atoms with Crippen molar-refractivity contribution in [1.29, 1.82) is 0 Å². The summed E-state index contributed by atoms with van der Waals surface area (Å²) < 4.78 is 41.3. The predicted octanol–water partition coefficient (Wildman–Crippen LogP) is 7.41. The maximum Gasteiger partial charge on any atom is 0.255 e. The second-order valence-electron chi connectivity index (χ2n) is 20.3. The molecule has 5 fully saturated rings. The Morgan fingerprint density at radius 2 is 1.44 bits per heavy atom. The van der Waals surface area contributed by atoms with Crippen LogP contribution < -0.4 is 35.2 Å². The number of carbonyl (C=O) groups is 4. The van der Waals surface area contributed by atoms with Gasteiger partial charge in [0.1, 0.15) is 40.3 Å². The summed E-state index contributed by atoms with van der Waals surface area (Å²) >= 11 is 0. The molecule has 1 saturated carbocycles. The number of hydrogen-bond acceptors (Lipinski definition) is 11. The second-order valence-corrected chi connectivity index (χ2v) is 20.3. The van der Waals surface area contributed by atoms with Gasteiger partial charge < -0.3 is 45.0 Å². The molecule has 1 unspecified atom stereocenters. The van der Waals surface area contributed by atoms with Crippen molar-refractivity contribution in [1.82, 2.24) is 25.0 Å². The zero-order valence-corrected chi connectivity index (χ0v) is 40.6. The number of pyridine rings is 1. The minimum Gasteiger partial charge on any atom is -0.495 e. The average molecular weight is 982 g/mol. The molecule has 4 aromatic carbocycles. The largest absolute Gasteiger partial charge is 0.495 e. The molecule has 11 rings (SSSR count). The lowest BCUT2D eigenvalue weighted by Crippen LogP contribution is -2.53. The Morgan fingerprint density at radius 1 is 0.764 bits per heavy atom. The van der Waals surface area contributed by atoms with Crippen molar-refractivity contribution in [2.45, 2.75) is 70.0 Å². The number of piperidine rings is 3. The molecule has 5 aromatic rings. The summed E-state index contributed by atoms with van der Waals surface area (Å²) in [4.78, 5) is 68.1. The van der Waals surface area contributed by atoms with Gasteiger partial charge in [-0.3, -0.25) is 29.1 Å². The fraction of sp³-hybridized carbons (Fsp3) is 0.436. The molecule has 0 radical (unpaired) electrons. The summed E-state index contributed by atoms with van der Waals surface area (Å²) in [7, 11) is 1.69. The number of fused-ring (bicyclic) bond motifs is 2. The highest BCUT2D eigenvalue weighted by atomic mass is 19.1. The Hall–Kier alpha value is -6.85. The summed E-state index contributed by atoms with van der Waals surface area (Å²) in [5.74, 6) is 0.587. The number of ether oxygens (including phenoxy) is 2. The molecule has 1 atom stereocenters. The molecular formula is C55H61F2N9O6. The molecule has 3 N–H and O–H groups in total. The highest BCUT2D eigenvalue weighted by Crippen LogP contribution is 2.48. The number of likely N-dealkylation sites (tertiary alicyclic amines) is 1. The molecule has 1 aromatic heterocycles. The van der Waals surface area contributed by atoms with E-state index in [4.69, 9.17) is 14.5 Å². The number of rotatable bonds is 13. The van der Waals surface area contributed by atoms with Gasteiger partial charge in [0.05, 0.1) is 24.0 Å². The normalized spacial score (nSPS) is 20.8. The lowest BCUT2D eigenvalue weighted by Gasteiger charge is -2.44. The van der Waals surface area contributed by atoms with Gasteiger partial charge in [-0.1, -0.05) is 0 Å². The van der Waals surface area contributed by atoms with E-state index >= 15 is 4.39 Å². The number of nitrogens with zero attached hydrogens (tertiary/aromatic N) is 6. The van der Waals surface area contributed by atoms with Crippen molar-refractivity contribution in [3.05, 3.63) is 108 Å². The molecule has 0 spiro atoms. The van der Waals surface area contributed by atoms with E-state index in [0.29, 0.717) is 78.4 Å². The van der Waals surface area contributed by atoms with Gasteiger partial charge in [-0.25, -0.2) is 8.78 Å². The third kappa shape index (κ3) is 9.63. The van der Waals surface area contributed by atoms with Crippen molar-refractivity contribution in [3.63, 3.8) is 0 Å². The van der Waals surface area contributed by atoms with Gasteiger partial charge in [0.25, 0.3) is 5.91 Å². The van der Waals surface area contributed by atoms with E-state index in [1.807, 2.05) is 18.2 Å². The zero-order valence-electron chi connectivity index (χ0n) is 40.6. The molecule has 0 bridgehead atoms. The minimum absolute atomic E-state index is 0.123. The van der Waals surface area contributed by atoms with Gasteiger partial charge in [0, 0.05) is 93.5 Å². The third-order valence-corrected chi connectivity index (χ3v) is 15.9. The number of halogens is 2. The van der Waals surface area contributed by atoms with Gasteiger partial charge in [0.2, 0.25) is 17.7 Å². The van der Waals surface area contributed by atoms with Crippen LogP contribution >= 0.6 is 0 Å². The van der Waals surface area contributed by atoms with E-state index in [9.17, 15) is 23.6 Å². The molecule has 4 saturated heterocycles. The van der Waals surface area contributed by atoms with Crippen molar-refractivity contribution in [3.8, 4) is 17.2 Å². The molecular weight excluding hydrogens is 921 g/mol. The topological polar surface area (TPSA) is 152 Å². The molecule has 15 nitrogen and oxygen atoms in total. The first-order valence-electron chi connectivity index (χ1n) is 25.5. The number of anilines is 4. The van der Waals surface area contributed by atoms with Crippen LogP contribution in [0.2, 0.25) is 0 Å². The molecule has 6 aliphatic rings. The first-order chi connectivity index (χ1) is 35.0. The quantitative estimate of drug-likeness (QED) is 0.101. The number of piperazine rings is 1. The van der Waals surface area contributed by atoms with Crippen LogP contribution in [0.15, 0.2) is 85.1 Å². The predicted molar refractivity (Wildman–Crippen MR) is 271 cm³/mol. The van der Waals surface area contributed by atoms with Crippen LogP contribution in [0.4, 0.5) is 31.5 Å².